The van der Waals surface area contributed by atoms with Gasteiger partial charge in [-0.15, -0.1) is 0 Å². The van der Waals surface area contributed by atoms with E-state index in [4.69, 9.17) is 4.74 Å². The predicted octanol–water partition coefficient (Wildman–Crippen LogP) is 2.65. The van der Waals surface area contributed by atoms with Crippen molar-refractivity contribution in [2.45, 2.75) is 63.6 Å². The highest BCUT2D eigenvalue weighted by Crippen LogP contribution is 2.28. The van der Waals surface area contributed by atoms with E-state index in [0.717, 1.165) is 24.4 Å². The normalized spacial score (nSPS) is 20.6. The Morgan fingerprint density at radius 1 is 1.24 bits per heavy atom. The standard InChI is InChI=1S/C17H26N2O2/c20-16(9-13-3-1-2-4-13)12-21-17-8-7-15(19-11-17)10-18-14-5-6-14/h7-8,11,13-14,16,18,20H,1-6,9-10,12H2. The van der Waals surface area contributed by atoms with Gasteiger partial charge < -0.3 is 15.2 Å². The van der Waals surface area contributed by atoms with E-state index in [2.05, 4.69) is 10.3 Å². The van der Waals surface area contributed by atoms with Gasteiger partial charge >= 0.3 is 0 Å². The second-order valence-electron chi connectivity index (χ2n) is 6.49. The SMILES string of the molecule is OC(COc1ccc(CNC2CC2)nc1)CC1CCCC1. The third-order valence-corrected chi connectivity index (χ3v) is 4.47. The Labute approximate surface area is 126 Å². The first-order valence-electron chi connectivity index (χ1n) is 8.29. The van der Waals surface area contributed by atoms with Crippen LogP contribution in [-0.4, -0.2) is 28.8 Å². The highest BCUT2D eigenvalue weighted by molar-refractivity contribution is 5.20. The molecular formula is C17H26N2O2. The van der Waals surface area contributed by atoms with Crippen LogP contribution < -0.4 is 10.1 Å². The number of ether oxygens (including phenoxy) is 1. The average molecular weight is 290 g/mol. The maximum absolute atomic E-state index is 10.0. The highest BCUT2D eigenvalue weighted by atomic mass is 16.5. The van der Waals surface area contributed by atoms with Crippen molar-refractivity contribution in [2.75, 3.05) is 6.61 Å². The number of rotatable bonds is 8. The summed E-state index contributed by atoms with van der Waals surface area (Å²) in [5.74, 6) is 1.44. The Hall–Kier alpha value is -1.13. The summed E-state index contributed by atoms with van der Waals surface area (Å²) in [5, 5.41) is 13.5. The molecule has 1 heterocycles. The van der Waals surface area contributed by atoms with Gasteiger partial charge in [-0.2, -0.15) is 0 Å². The molecule has 1 aromatic heterocycles. The molecular weight excluding hydrogens is 264 g/mol. The monoisotopic (exact) mass is 290 g/mol. The van der Waals surface area contributed by atoms with Crippen molar-refractivity contribution >= 4 is 0 Å². The minimum atomic E-state index is -0.357. The van der Waals surface area contributed by atoms with Crippen LogP contribution in [0.4, 0.5) is 0 Å². The fourth-order valence-corrected chi connectivity index (χ4v) is 3.03. The Bertz CT molecular complexity index is 425. The van der Waals surface area contributed by atoms with Crippen LogP contribution in [0.5, 0.6) is 5.75 Å². The zero-order chi connectivity index (χ0) is 14.5. The average Bonchev–Trinajstić information content (AvgIpc) is 3.20. The summed E-state index contributed by atoms with van der Waals surface area (Å²) in [6.45, 7) is 1.20. The molecule has 0 saturated heterocycles. The maximum atomic E-state index is 10.0. The van der Waals surface area contributed by atoms with Gasteiger partial charge in [0.1, 0.15) is 12.4 Å². The molecule has 0 bridgehead atoms. The molecule has 2 saturated carbocycles. The number of nitrogens with zero attached hydrogens (tertiary/aromatic N) is 1. The third kappa shape index (κ3) is 4.97. The van der Waals surface area contributed by atoms with Gasteiger partial charge in [0, 0.05) is 12.6 Å². The molecule has 1 aromatic rings. The lowest BCUT2D eigenvalue weighted by Gasteiger charge is -2.16. The van der Waals surface area contributed by atoms with Crippen molar-refractivity contribution in [2.24, 2.45) is 5.92 Å². The van der Waals surface area contributed by atoms with Crippen LogP contribution in [0, 0.1) is 5.92 Å². The second-order valence-corrected chi connectivity index (χ2v) is 6.49. The summed E-state index contributed by atoms with van der Waals surface area (Å²) in [6.07, 6.45) is 10.0. The van der Waals surface area contributed by atoms with Gasteiger partial charge in [0.05, 0.1) is 18.0 Å². The van der Waals surface area contributed by atoms with Crippen molar-refractivity contribution in [3.8, 4) is 5.75 Å². The molecule has 4 heteroatoms. The Balaban J connectivity index is 1.37. The molecule has 2 fully saturated rings. The lowest BCUT2D eigenvalue weighted by Crippen LogP contribution is -2.20. The van der Waals surface area contributed by atoms with E-state index in [0.29, 0.717) is 18.6 Å². The number of aliphatic hydroxyl groups excluding tert-OH is 1. The van der Waals surface area contributed by atoms with E-state index in [9.17, 15) is 5.11 Å². The van der Waals surface area contributed by atoms with Crippen LogP contribution in [-0.2, 0) is 6.54 Å². The summed E-state index contributed by atoms with van der Waals surface area (Å²) in [7, 11) is 0. The van der Waals surface area contributed by atoms with Crippen LogP contribution in [0.15, 0.2) is 18.3 Å². The molecule has 0 aromatic carbocycles. The smallest absolute Gasteiger partial charge is 0.137 e. The molecule has 1 atom stereocenters. The molecule has 2 aliphatic rings. The van der Waals surface area contributed by atoms with Gasteiger partial charge in [0.15, 0.2) is 0 Å². The summed E-state index contributed by atoms with van der Waals surface area (Å²) >= 11 is 0. The molecule has 4 nitrogen and oxygen atoms in total. The first-order chi connectivity index (χ1) is 10.3. The zero-order valence-electron chi connectivity index (χ0n) is 12.6. The number of aromatic nitrogens is 1. The molecule has 0 spiro atoms. The third-order valence-electron chi connectivity index (χ3n) is 4.47. The second kappa shape index (κ2) is 7.23. The Morgan fingerprint density at radius 3 is 2.71 bits per heavy atom. The lowest BCUT2D eigenvalue weighted by molar-refractivity contribution is 0.0853. The highest BCUT2D eigenvalue weighted by Gasteiger charge is 2.20. The van der Waals surface area contributed by atoms with Crippen LogP contribution in [0.3, 0.4) is 0 Å². The number of pyridine rings is 1. The number of hydrogen-bond acceptors (Lipinski definition) is 4. The summed E-state index contributed by atoms with van der Waals surface area (Å²) in [6, 6.07) is 4.64. The van der Waals surface area contributed by atoms with E-state index in [1.807, 2.05) is 12.1 Å². The number of aliphatic hydroxyl groups is 1. The topological polar surface area (TPSA) is 54.4 Å². The van der Waals surface area contributed by atoms with Crippen LogP contribution >= 0.6 is 0 Å². The summed E-state index contributed by atoms with van der Waals surface area (Å²) in [4.78, 5) is 4.39. The quantitative estimate of drug-likeness (QED) is 0.773. The number of hydrogen-bond donors (Lipinski definition) is 2. The molecule has 2 N–H and O–H groups in total. The van der Waals surface area contributed by atoms with E-state index < -0.39 is 0 Å². The van der Waals surface area contributed by atoms with Gasteiger partial charge in [0.25, 0.3) is 0 Å². The van der Waals surface area contributed by atoms with Crippen LogP contribution in [0.1, 0.15) is 50.6 Å². The maximum Gasteiger partial charge on any atom is 0.137 e. The Morgan fingerprint density at radius 2 is 2.05 bits per heavy atom. The van der Waals surface area contributed by atoms with E-state index in [-0.39, 0.29) is 6.10 Å². The van der Waals surface area contributed by atoms with Crippen LogP contribution in [0.25, 0.3) is 0 Å². The minimum absolute atomic E-state index is 0.357. The summed E-state index contributed by atoms with van der Waals surface area (Å²) in [5.41, 5.74) is 1.04. The molecule has 0 radical (unpaired) electrons. The zero-order valence-corrected chi connectivity index (χ0v) is 12.6. The molecule has 2 aliphatic carbocycles. The largest absolute Gasteiger partial charge is 0.489 e. The van der Waals surface area contributed by atoms with Crippen molar-refractivity contribution < 1.29 is 9.84 Å². The Kier molecular flexibility index (Phi) is 5.09. The number of nitrogens with one attached hydrogen (secondary N) is 1. The fraction of sp³-hybridized carbons (Fsp3) is 0.706. The van der Waals surface area contributed by atoms with E-state index >= 15 is 0 Å². The van der Waals surface area contributed by atoms with Crippen LogP contribution in [0.2, 0.25) is 0 Å². The molecule has 21 heavy (non-hydrogen) atoms. The fourth-order valence-electron chi connectivity index (χ4n) is 3.03. The molecule has 116 valence electrons. The first-order valence-corrected chi connectivity index (χ1v) is 8.29. The van der Waals surface area contributed by atoms with Crippen molar-refractivity contribution in [3.05, 3.63) is 24.0 Å². The molecule has 3 rings (SSSR count). The van der Waals surface area contributed by atoms with Gasteiger partial charge in [-0.05, 0) is 37.3 Å². The molecule has 0 amide bonds. The van der Waals surface area contributed by atoms with Gasteiger partial charge in [-0.25, -0.2) is 0 Å². The van der Waals surface area contributed by atoms with Gasteiger partial charge in [0.2, 0.25) is 0 Å². The van der Waals surface area contributed by atoms with Gasteiger partial charge in [-0.3, -0.25) is 4.98 Å². The molecule has 1 unspecified atom stereocenters. The minimum Gasteiger partial charge on any atom is -0.489 e. The van der Waals surface area contributed by atoms with Crippen molar-refractivity contribution in [3.63, 3.8) is 0 Å². The first kappa shape index (κ1) is 14.8. The van der Waals surface area contributed by atoms with E-state index in [1.54, 1.807) is 6.20 Å². The molecule has 0 aliphatic heterocycles. The van der Waals surface area contributed by atoms with Crippen molar-refractivity contribution in [1.82, 2.24) is 10.3 Å². The predicted molar refractivity (Wildman–Crippen MR) is 82.2 cm³/mol. The van der Waals surface area contributed by atoms with E-state index in [1.165, 1.54) is 38.5 Å². The van der Waals surface area contributed by atoms with Gasteiger partial charge in [-0.1, -0.05) is 25.7 Å². The summed E-state index contributed by atoms with van der Waals surface area (Å²) < 4.78 is 5.64. The van der Waals surface area contributed by atoms with Crippen molar-refractivity contribution in [1.29, 1.82) is 0 Å². The lowest BCUT2D eigenvalue weighted by atomic mass is 10.0.